The Morgan fingerprint density at radius 2 is 1.91 bits per heavy atom. The minimum Gasteiger partial charge on any atom is -0.461 e. The molecule has 0 amide bonds. The zero-order valence-electron chi connectivity index (χ0n) is 25.6. The molecule has 8 heterocycles. The summed E-state index contributed by atoms with van der Waals surface area (Å²) >= 11 is 1.02. The van der Waals surface area contributed by atoms with Gasteiger partial charge in [0.1, 0.15) is 40.7 Å². The number of pyridine rings is 1. The first-order valence-corrected chi connectivity index (χ1v) is 17.1. The molecule has 10 nitrogen and oxygen atoms in total. The highest BCUT2D eigenvalue weighted by Gasteiger charge is 2.49. The van der Waals surface area contributed by atoms with Gasteiger partial charge in [0.15, 0.2) is 11.6 Å². The minimum absolute atomic E-state index is 0.0125. The van der Waals surface area contributed by atoms with Crippen LogP contribution in [0.15, 0.2) is 12.1 Å². The molecule has 4 atom stereocenters. The Labute approximate surface area is 272 Å². The number of nitrogen functional groups attached to an aromatic ring is 1. The molecule has 5 saturated heterocycles. The number of aromatic nitrogens is 3. The van der Waals surface area contributed by atoms with Gasteiger partial charge in [-0.1, -0.05) is 0 Å². The Hall–Kier alpha value is -3.77. The fourth-order valence-electron chi connectivity index (χ4n) is 8.47. The summed E-state index contributed by atoms with van der Waals surface area (Å²) in [6.07, 6.45) is 3.33. The number of alkyl halides is 1. The maximum Gasteiger partial charge on any atom is 0.319 e. The van der Waals surface area contributed by atoms with E-state index in [-0.39, 0.29) is 63.2 Å². The number of ether oxygens (including phenoxy) is 2. The van der Waals surface area contributed by atoms with Crippen molar-refractivity contribution in [2.75, 3.05) is 56.6 Å². The van der Waals surface area contributed by atoms with Crippen molar-refractivity contribution >= 4 is 43.3 Å². The third-order valence-corrected chi connectivity index (χ3v) is 11.7. The standard InChI is InChI=1S/C33H33F3N8O2S/c34-17-8-33(6-1-7-44(33)10-17)15-46-32-41-28-20(9-37)23(24-21(35)4-5-22-25(24)26(36)30(38)47-22)27(16-13-45-14-16)40-29(28)31(42-32)43-11-18-2-3-19(12-43)39-18/h4-5,16-19,39H,1-3,6-8,10-15,38H2/t17-,18?,19?,33+/m1/s1. The molecule has 0 radical (unpaired) electrons. The van der Waals surface area contributed by atoms with Crippen LogP contribution in [0.4, 0.5) is 24.0 Å². The topological polar surface area (TPSA) is 125 Å². The van der Waals surface area contributed by atoms with Gasteiger partial charge in [-0.3, -0.25) is 4.90 Å². The number of fused-ring (bicyclic) bond motifs is 5. The number of nitrogens with zero attached hydrogens (tertiary/aromatic N) is 6. The molecule has 47 heavy (non-hydrogen) atoms. The lowest BCUT2D eigenvalue weighted by Crippen LogP contribution is -2.51. The largest absolute Gasteiger partial charge is 0.461 e. The number of hydrogen-bond acceptors (Lipinski definition) is 11. The average molecular weight is 663 g/mol. The van der Waals surface area contributed by atoms with E-state index in [0.29, 0.717) is 61.0 Å². The maximum atomic E-state index is 16.0. The molecule has 0 aliphatic carbocycles. The third kappa shape index (κ3) is 4.57. The monoisotopic (exact) mass is 662 g/mol. The molecule has 0 saturated carbocycles. The molecule has 5 fully saturated rings. The average Bonchev–Trinajstić information content (AvgIpc) is 3.75. The summed E-state index contributed by atoms with van der Waals surface area (Å²) in [5.41, 5.74) is 6.76. The second kappa shape index (κ2) is 10.9. The number of rotatable bonds is 6. The van der Waals surface area contributed by atoms with E-state index in [4.69, 9.17) is 30.2 Å². The lowest BCUT2D eigenvalue weighted by molar-refractivity contribution is 0.00706. The molecule has 14 heteroatoms. The van der Waals surface area contributed by atoms with Crippen LogP contribution in [0.3, 0.4) is 0 Å². The summed E-state index contributed by atoms with van der Waals surface area (Å²) < 4.78 is 58.5. The quantitative estimate of drug-likeness (QED) is 0.302. The van der Waals surface area contributed by atoms with E-state index in [9.17, 15) is 9.65 Å². The van der Waals surface area contributed by atoms with Crippen molar-refractivity contribution in [1.82, 2.24) is 25.2 Å². The van der Waals surface area contributed by atoms with Crippen molar-refractivity contribution in [3.05, 3.63) is 35.0 Å². The molecule has 2 bridgehead atoms. The highest BCUT2D eigenvalue weighted by molar-refractivity contribution is 7.22. The molecule has 0 spiro atoms. The smallest absolute Gasteiger partial charge is 0.319 e. The predicted octanol–water partition coefficient (Wildman–Crippen LogP) is 4.65. The van der Waals surface area contributed by atoms with Crippen LogP contribution in [0.5, 0.6) is 6.01 Å². The Balaban J connectivity index is 1.27. The first kappa shape index (κ1) is 29.4. The lowest BCUT2D eigenvalue weighted by Gasteiger charge is -2.35. The van der Waals surface area contributed by atoms with Gasteiger partial charge in [-0.25, -0.2) is 18.2 Å². The Morgan fingerprint density at radius 3 is 2.66 bits per heavy atom. The first-order chi connectivity index (χ1) is 22.8. The first-order valence-electron chi connectivity index (χ1n) is 16.2. The summed E-state index contributed by atoms with van der Waals surface area (Å²) in [6, 6.07) is 5.66. The van der Waals surface area contributed by atoms with E-state index in [2.05, 4.69) is 21.2 Å². The predicted molar refractivity (Wildman–Crippen MR) is 171 cm³/mol. The highest BCUT2D eigenvalue weighted by Crippen LogP contribution is 2.47. The van der Waals surface area contributed by atoms with Gasteiger partial charge in [-0.2, -0.15) is 15.2 Å². The summed E-state index contributed by atoms with van der Waals surface area (Å²) in [5.74, 6) is -1.14. The number of thiophene rings is 1. The number of nitrogens with one attached hydrogen (secondary N) is 1. The van der Waals surface area contributed by atoms with Crippen LogP contribution in [-0.4, -0.2) is 89.6 Å². The van der Waals surface area contributed by atoms with Crippen LogP contribution in [0.2, 0.25) is 0 Å². The molecule has 1 aromatic carbocycles. The van der Waals surface area contributed by atoms with E-state index in [1.54, 1.807) is 0 Å². The summed E-state index contributed by atoms with van der Waals surface area (Å²) in [6.45, 7) is 3.43. The highest BCUT2D eigenvalue weighted by atomic mass is 32.1. The van der Waals surface area contributed by atoms with Crippen molar-refractivity contribution in [3.8, 4) is 23.2 Å². The Bertz CT molecular complexity index is 1970. The molecule has 2 unspecified atom stereocenters. The molecular formula is C33H33F3N8O2S. The molecule has 5 aliphatic heterocycles. The van der Waals surface area contributed by atoms with Gasteiger partial charge < -0.3 is 25.4 Å². The number of hydrogen-bond donors (Lipinski definition) is 2. The summed E-state index contributed by atoms with van der Waals surface area (Å²) in [4.78, 5) is 19.1. The van der Waals surface area contributed by atoms with Gasteiger partial charge in [0.05, 0.1) is 30.0 Å². The fourth-order valence-corrected chi connectivity index (χ4v) is 9.33. The molecule has 5 aliphatic rings. The van der Waals surface area contributed by atoms with Crippen molar-refractivity contribution < 1.29 is 22.6 Å². The van der Waals surface area contributed by atoms with Crippen LogP contribution >= 0.6 is 11.3 Å². The molecule has 3 N–H and O–H groups in total. The second-order valence-corrected chi connectivity index (χ2v) is 14.7. The lowest BCUT2D eigenvalue weighted by atomic mass is 9.88. The van der Waals surface area contributed by atoms with Gasteiger partial charge >= 0.3 is 6.01 Å². The van der Waals surface area contributed by atoms with Crippen LogP contribution < -0.4 is 20.7 Å². The molecule has 4 aromatic rings. The number of benzene rings is 1. The molecule has 244 valence electrons. The number of piperazine rings is 1. The normalized spacial score (nSPS) is 27.4. The van der Waals surface area contributed by atoms with Crippen LogP contribution in [0.25, 0.3) is 32.2 Å². The van der Waals surface area contributed by atoms with Gasteiger partial charge in [-0.15, -0.1) is 11.3 Å². The van der Waals surface area contributed by atoms with Crippen LogP contribution in [0.1, 0.15) is 49.3 Å². The van der Waals surface area contributed by atoms with Crippen molar-refractivity contribution in [3.63, 3.8) is 0 Å². The van der Waals surface area contributed by atoms with Crippen molar-refractivity contribution in [1.29, 1.82) is 5.26 Å². The number of anilines is 2. The van der Waals surface area contributed by atoms with E-state index >= 15 is 8.78 Å². The number of nitriles is 1. The number of halogens is 3. The van der Waals surface area contributed by atoms with Gasteiger partial charge in [-0.05, 0) is 44.4 Å². The zero-order valence-corrected chi connectivity index (χ0v) is 26.4. The Kier molecular flexibility index (Phi) is 6.80. The van der Waals surface area contributed by atoms with E-state index in [0.717, 1.165) is 43.6 Å². The fraction of sp³-hybridized carbons (Fsp3) is 0.515. The number of nitrogens with two attached hydrogens (primary N) is 1. The molecular weight excluding hydrogens is 629 g/mol. The van der Waals surface area contributed by atoms with Crippen molar-refractivity contribution in [2.24, 2.45) is 0 Å². The van der Waals surface area contributed by atoms with E-state index < -0.39 is 23.3 Å². The molecule has 9 rings (SSSR count). The SMILES string of the molecule is N#Cc1c(-c2c(F)ccc3sc(N)c(F)c23)c(C2COC2)nc2c(N3CC4CCC(C3)N4)nc(OC[C@@]34CCCN3C[C@H](F)C4)nc12. The van der Waals surface area contributed by atoms with Crippen LogP contribution in [-0.2, 0) is 4.74 Å². The van der Waals surface area contributed by atoms with Gasteiger partial charge in [0.25, 0.3) is 0 Å². The summed E-state index contributed by atoms with van der Waals surface area (Å²) in [5, 5.41) is 14.4. The van der Waals surface area contributed by atoms with E-state index in [1.807, 2.05) is 0 Å². The van der Waals surface area contributed by atoms with Gasteiger partial charge in [0, 0.05) is 65.3 Å². The van der Waals surface area contributed by atoms with Crippen molar-refractivity contribution in [2.45, 2.75) is 61.8 Å². The second-order valence-electron chi connectivity index (χ2n) is 13.6. The zero-order chi connectivity index (χ0) is 32.0. The van der Waals surface area contributed by atoms with E-state index in [1.165, 1.54) is 12.1 Å². The molecule has 3 aromatic heterocycles. The maximum absolute atomic E-state index is 16.0. The van der Waals surface area contributed by atoms with Crippen LogP contribution in [0, 0.1) is 23.0 Å². The van der Waals surface area contributed by atoms with Gasteiger partial charge in [0.2, 0.25) is 0 Å². The third-order valence-electron chi connectivity index (χ3n) is 10.7. The summed E-state index contributed by atoms with van der Waals surface area (Å²) in [7, 11) is 0. The minimum atomic E-state index is -0.918. The Morgan fingerprint density at radius 1 is 1.11 bits per heavy atom.